The monoisotopic (exact) mass is 288 g/mol. The maximum Gasteiger partial charge on any atom is 0.269 e. The molecule has 1 aromatic rings. The van der Waals surface area contributed by atoms with Crippen LogP contribution in [-0.2, 0) is 4.79 Å². The van der Waals surface area contributed by atoms with Crippen LogP contribution in [0.5, 0.6) is 0 Å². The number of carbonyl (C=O) groups excluding carboxylic acids is 1. The highest BCUT2D eigenvalue weighted by Crippen LogP contribution is 2.15. The van der Waals surface area contributed by atoms with Crippen LogP contribution in [0, 0.1) is 21.4 Å². The lowest BCUT2D eigenvalue weighted by atomic mass is 10.2. The number of benzene rings is 1. The lowest BCUT2D eigenvalue weighted by Crippen LogP contribution is -2.25. The average molecular weight is 288 g/mol. The lowest BCUT2D eigenvalue weighted by Gasteiger charge is -2.04. The van der Waals surface area contributed by atoms with E-state index >= 15 is 0 Å². The number of hydrogen-bond acceptors (Lipinski definition) is 5. The Morgan fingerprint density at radius 1 is 1.43 bits per heavy atom. The molecule has 0 saturated carbocycles. The molecule has 0 fully saturated rings. The molecular weight excluding hydrogens is 272 g/mol. The van der Waals surface area contributed by atoms with Crippen LogP contribution in [-0.4, -0.2) is 17.4 Å². The van der Waals surface area contributed by atoms with Crippen LogP contribution >= 0.6 is 0 Å². The van der Waals surface area contributed by atoms with Crippen LogP contribution in [0.2, 0.25) is 0 Å². The standard InChI is InChI=1S/C14H16N4O3/c1-2-3-8-16-14(19)11(9-15)10-17-12-4-6-13(7-5-12)18(20)21/h4-7,10,17H,2-3,8H2,1H3,(H,16,19)/b11-10-. The predicted molar refractivity (Wildman–Crippen MR) is 78.3 cm³/mol. The highest BCUT2D eigenvalue weighted by atomic mass is 16.6. The molecule has 0 heterocycles. The van der Waals surface area contributed by atoms with E-state index in [1.165, 1.54) is 30.5 Å². The summed E-state index contributed by atoms with van der Waals surface area (Å²) in [7, 11) is 0. The normalized spacial score (nSPS) is 10.6. The summed E-state index contributed by atoms with van der Waals surface area (Å²) in [6.45, 7) is 2.52. The fourth-order valence-corrected chi connectivity index (χ4v) is 1.46. The zero-order valence-electron chi connectivity index (χ0n) is 11.6. The Labute approximate surface area is 122 Å². The topological polar surface area (TPSA) is 108 Å². The molecule has 0 aliphatic carbocycles. The molecule has 7 heteroatoms. The molecule has 2 N–H and O–H groups in total. The van der Waals surface area contributed by atoms with Gasteiger partial charge in [-0.25, -0.2) is 0 Å². The van der Waals surface area contributed by atoms with Crippen molar-refractivity contribution in [1.29, 1.82) is 5.26 Å². The molecule has 110 valence electrons. The molecule has 1 rings (SSSR count). The summed E-state index contributed by atoms with van der Waals surface area (Å²) in [6.07, 6.45) is 3.08. The number of nitrogens with zero attached hydrogens (tertiary/aromatic N) is 2. The van der Waals surface area contributed by atoms with Crippen molar-refractivity contribution in [3.8, 4) is 6.07 Å². The second-order valence-corrected chi connectivity index (χ2v) is 4.23. The second-order valence-electron chi connectivity index (χ2n) is 4.23. The minimum atomic E-state index is -0.499. The first-order valence-corrected chi connectivity index (χ1v) is 6.48. The number of anilines is 1. The van der Waals surface area contributed by atoms with Gasteiger partial charge < -0.3 is 10.6 Å². The SMILES string of the molecule is CCCCNC(=O)/C(C#N)=C\Nc1ccc([N+](=O)[O-])cc1. The third kappa shape index (κ3) is 5.32. The molecule has 1 aromatic carbocycles. The largest absolute Gasteiger partial charge is 0.360 e. The predicted octanol–water partition coefficient (Wildman–Crippen LogP) is 2.33. The van der Waals surface area contributed by atoms with Crippen molar-refractivity contribution in [2.75, 3.05) is 11.9 Å². The Bertz CT molecular complexity index is 573. The zero-order chi connectivity index (χ0) is 15.7. The van der Waals surface area contributed by atoms with Gasteiger partial charge in [-0.3, -0.25) is 14.9 Å². The van der Waals surface area contributed by atoms with Crippen LogP contribution < -0.4 is 10.6 Å². The number of unbranched alkanes of at least 4 members (excludes halogenated alkanes) is 1. The molecule has 0 radical (unpaired) electrons. The third-order valence-corrected chi connectivity index (χ3v) is 2.64. The van der Waals surface area contributed by atoms with Gasteiger partial charge in [-0.2, -0.15) is 5.26 Å². The van der Waals surface area contributed by atoms with Crippen LogP contribution in [0.25, 0.3) is 0 Å². The van der Waals surface area contributed by atoms with Crippen molar-refractivity contribution in [1.82, 2.24) is 5.32 Å². The van der Waals surface area contributed by atoms with Gasteiger partial charge in [0, 0.05) is 30.6 Å². The van der Waals surface area contributed by atoms with Gasteiger partial charge in [-0.1, -0.05) is 13.3 Å². The van der Waals surface area contributed by atoms with Gasteiger partial charge in [0.05, 0.1) is 4.92 Å². The molecule has 1 amide bonds. The van der Waals surface area contributed by atoms with Gasteiger partial charge in [0.25, 0.3) is 11.6 Å². The van der Waals surface area contributed by atoms with E-state index in [1.807, 2.05) is 6.92 Å². The summed E-state index contributed by atoms with van der Waals surface area (Å²) in [5, 5.41) is 24.9. The summed E-state index contributed by atoms with van der Waals surface area (Å²) in [5.41, 5.74) is 0.474. The maximum atomic E-state index is 11.7. The van der Waals surface area contributed by atoms with Crippen LogP contribution in [0.3, 0.4) is 0 Å². The first-order valence-electron chi connectivity index (χ1n) is 6.48. The number of hydrogen-bond donors (Lipinski definition) is 2. The van der Waals surface area contributed by atoms with Crippen molar-refractivity contribution >= 4 is 17.3 Å². The van der Waals surface area contributed by atoms with E-state index < -0.39 is 10.8 Å². The van der Waals surface area contributed by atoms with E-state index in [2.05, 4.69) is 10.6 Å². The Balaban J connectivity index is 2.65. The molecule has 0 aromatic heterocycles. The molecule has 21 heavy (non-hydrogen) atoms. The van der Waals surface area contributed by atoms with E-state index in [9.17, 15) is 14.9 Å². The number of amides is 1. The summed E-state index contributed by atoms with van der Waals surface area (Å²) in [5.74, 6) is -0.444. The lowest BCUT2D eigenvalue weighted by molar-refractivity contribution is -0.384. The summed E-state index contributed by atoms with van der Waals surface area (Å²) in [4.78, 5) is 21.7. The molecule has 0 bridgehead atoms. The molecule has 0 aliphatic rings. The van der Waals surface area contributed by atoms with E-state index in [0.717, 1.165) is 12.8 Å². The molecule has 0 unspecified atom stereocenters. The molecular formula is C14H16N4O3. The fourth-order valence-electron chi connectivity index (χ4n) is 1.46. The zero-order valence-corrected chi connectivity index (χ0v) is 11.6. The van der Waals surface area contributed by atoms with Crippen LogP contribution in [0.4, 0.5) is 11.4 Å². The van der Waals surface area contributed by atoms with E-state index in [0.29, 0.717) is 12.2 Å². The number of non-ortho nitro benzene ring substituents is 1. The minimum Gasteiger partial charge on any atom is -0.360 e. The molecule has 0 spiro atoms. The van der Waals surface area contributed by atoms with Crippen LogP contribution in [0.1, 0.15) is 19.8 Å². The maximum absolute atomic E-state index is 11.7. The number of nitro groups is 1. The average Bonchev–Trinajstić information content (AvgIpc) is 2.48. The quantitative estimate of drug-likeness (QED) is 0.263. The number of nitrogens with one attached hydrogen (secondary N) is 2. The number of rotatable bonds is 7. The van der Waals surface area contributed by atoms with Gasteiger partial charge >= 0.3 is 0 Å². The summed E-state index contributed by atoms with van der Waals surface area (Å²) in [6, 6.07) is 7.48. The Morgan fingerprint density at radius 3 is 2.62 bits per heavy atom. The Hall–Kier alpha value is -2.88. The smallest absolute Gasteiger partial charge is 0.269 e. The summed E-state index contributed by atoms with van der Waals surface area (Å²) < 4.78 is 0. The minimum absolute atomic E-state index is 0.0256. The van der Waals surface area contributed by atoms with Crippen molar-refractivity contribution in [2.45, 2.75) is 19.8 Å². The number of nitriles is 1. The highest BCUT2D eigenvalue weighted by molar-refractivity contribution is 5.97. The van der Waals surface area contributed by atoms with E-state index in [4.69, 9.17) is 5.26 Å². The van der Waals surface area contributed by atoms with Crippen molar-refractivity contribution in [3.05, 3.63) is 46.2 Å². The number of carbonyl (C=O) groups is 1. The third-order valence-electron chi connectivity index (χ3n) is 2.64. The highest BCUT2D eigenvalue weighted by Gasteiger charge is 2.08. The number of nitro benzene ring substituents is 1. The van der Waals surface area contributed by atoms with E-state index in [1.54, 1.807) is 6.07 Å². The Kier molecular flexibility index (Phi) is 6.41. The molecule has 0 aliphatic heterocycles. The van der Waals surface area contributed by atoms with Gasteiger partial charge in [-0.05, 0) is 18.6 Å². The summed E-state index contributed by atoms with van der Waals surface area (Å²) >= 11 is 0. The molecule has 0 saturated heterocycles. The first kappa shape index (κ1) is 16.2. The van der Waals surface area contributed by atoms with Gasteiger partial charge in [0.15, 0.2) is 0 Å². The van der Waals surface area contributed by atoms with Gasteiger partial charge in [-0.15, -0.1) is 0 Å². The van der Waals surface area contributed by atoms with Gasteiger partial charge in [0.2, 0.25) is 0 Å². The van der Waals surface area contributed by atoms with Gasteiger partial charge in [0.1, 0.15) is 11.6 Å². The second kappa shape index (κ2) is 8.32. The fraction of sp³-hybridized carbons (Fsp3) is 0.286. The van der Waals surface area contributed by atoms with Crippen molar-refractivity contribution < 1.29 is 9.72 Å². The molecule has 7 nitrogen and oxygen atoms in total. The van der Waals surface area contributed by atoms with Crippen LogP contribution in [0.15, 0.2) is 36.0 Å². The van der Waals surface area contributed by atoms with E-state index in [-0.39, 0.29) is 11.3 Å². The molecule has 0 atom stereocenters. The van der Waals surface area contributed by atoms with Crippen molar-refractivity contribution in [3.63, 3.8) is 0 Å². The Morgan fingerprint density at radius 2 is 2.10 bits per heavy atom. The first-order chi connectivity index (χ1) is 10.1. The van der Waals surface area contributed by atoms with Crippen molar-refractivity contribution in [2.24, 2.45) is 0 Å².